The third-order valence-electron chi connectivity index (χ3n) is 3.46. The number of fused-ring (bicyclic) bond motifs is 1. The van der Waals surface area contributed by atoms with Gasteiger partial charge in [-0.15, -0.1) is 0 Å². The average molecular weight is 263 g/mol. The summed E-state index contributed by atoms with van der Waals surface area (Å²) in [6.07, 6.45) is 12.9. The third kappa shape index (κ3) is 1.67. The second kappa shape index (κ2) is 4.16. The van der Waals surface area contributed by atoms with Crippen LogP contribution in [0.1, 0.15) is 12.1 Å². The number of aromatic nitrogens is 5. The Bertz CT molecular complexity index is 850. The molecule has 0 saturated heterocycles. The summed E-state index contributed by atoms with van der Waals surface area (Å²) < 4.78 is 3.68. The number of rotatable bonds is 2. The Morgan fingerprint density at radius 2 is 2.15 bits per heavy atom. The van der Waals surface area contributed by atoms with Gasteiger partial charge in [-0.3, -0.25) is 4.68 Å². The number of nitrogens with zero attached hydrogens (tertiary/aromatic N) is 5. The lowest BCUT2D eigenvalue weighted by Crippen LogP contribution is -1.98. The number of imidazole rings is 1. The van der Waals surface area contributed by atoms with E-state index in [2.05, 4.69) is 28.3 Å². The minimum Gasteiger partial charge on any atom is -0.275 e. The molecule has 0 fully saturated rings. The van der Waals surface area contributed by atoms with Gasteiger partial charge in [-0.05, 0) is 24.1 Å². The molecular weight excluding hydrogens is 250 g/mol. The Balaban J connectivity index is 1.87. The van der Waals surface area contributed by atoms with E-state index in [-0.39, 0.29) is 0 Å². The molecule has 1 aliphatic carbocycles. The number of hydrogen-bond donors (Lipinski definition) is 0. The molecule has 0 saturated carbocycles. The third-order valence-corrected chi connectivity index (χ3v) is 3.46. The molecule has 0 amide bonds. The molecule has 0 aromatic carbocycles. The molecule has 0 spiro atoms. The van der Waals surface area contributed by atoms with Crippen LogP contribution in [0, 0.1) is 0 Å². The highest BCUT2D eigenvalue weighted by Crippen LogP contribution is 2.24. The molecule has 0 aliphatic heterocycles. The van der Waals surface area contributed by atoms with Crippen LogP contribution in [0.2, 0.25) is 0 Å². The molecule has 5 nitrogen and oxygen atoms in total. The maximum Gasteiger partial charge on any atom is 0.154 e. The Kier molecular flexibility index (Phi) is 2.32. The molecule has 0 atom stereocenters. The van der Waals surface area contributed by atoms with Crippen LogP contribution in [0.15, 0.2) is 49.0 Å². The molecule has 98 valence electrons. The van der Waals surface area contributed by atoms with Crippen LogP contribution < -0.4 is 0 Å². The summed E-state index contributed by atoms with van der Waals surface area (Å²) in [6.45, 7) is 0. The van der Waals surface area contributed by atoms with Crippen molar-refractivity contribution < 1.29 is 0 Å². The van der Waals surface area contributed by atoms with Crippen molar-refractivity contribution in [3.05, 3.63) is 54.6 Å². The van der Waals surface area contributed by atoms with Crippen molar-refractivity contribution in [1.82, 2.24) is 24.4 Å². The molecule has 4 rings (SSSR count). The standard InChI is InChI=1S/C15H13N5/c1-19-10-12(8-17-19)13-6-7-15-16-9-14(20(15)18-13)11-4-2-3-5-11/h2-4,6-10H,5H2,1H3. The van der Waals surface area contributed by atoms with E-state index < -0.39 is 0 Å². The predicted molar refractivity (Wildman–Crippen MR) is 76.9 cm³/mol. The van der Waals surface area contributed by atoms with E-state index in [9.17, 15) is 0 Å². The largest absolute Gasteiger partial charge is 0.275 e. The molecule has 0 radical (unpaired) electrons. The van der Waals surface area contributed by atoms with Crippen LogP contribution in [-0.2, 0) is 7.05 Å². The summed E-state index contributed by atoms with van der Waals surface area (Å²) in [6, 6.07) is 3.96. The molecule has 0 bridgehead atoms. The van der Waals surface area contributed by atoms with Gasteiger partial charge < -0.3 is 0 Å². The van der Waals surface area contributed by atoms with Gasteiger partial charge in [0.15, 0.2) is 5.65 Å². The predicted octanol–water partition coefficient (Wildman–Crippen LogP) is 2.47. The quantitative estimate of drug-likeness (QED) is 0.713. The van der Waals surface area contributed by atoms with Crippen molar-refractivity contribution in [3.8, 4) is 11.3 Å². The van der Waals surface area contributed by atoms with Gasteiger partial charge in [0, 0.05) is 18.8 Å². The molecule has 5 heteroatoms. The average Bonchev–Trinajstić information content (AvgIpc) is 3.17. The summed E-state index contributed by atoms with van der Waals surface area (Å²) >= 11 is 0. The van der Waals surface area contributed by atoms with Gasteiger partial charge in [-0.25, -0.2) is 9.50 Å². The van der Waals surface area contributed by atoms with E-state index in [1.807, 2.05) is 42.3 Å². The van der Waals surface area contributed by atoms with Crippen LogP contribution in [0.25, 0.3) is 22.5 Å². The highest BCUT2D eigenvalue weighted by molar-refractivity contribution is 5.70. The fraction of sp³-hybridized carbons (Fsp3) is 0.133. The lowest BCUT2D eigenvalue weighted by atomic mass is 10.2. The smallest absolute Gasteiger partial charge is 0.154 e. The zero-order chi connectivity index (χ0) is 13.5. The number of aryl methyl sites for hydroxylation is 1. The van der Waals surface area contributed by atoms with Gasteiger partial charge in [-0.2, -0.15) is 10.2 Å². The Hall–Kier alpha value is -2.69. The van der Waals surface area contributed by atoms with E-state index in [1.54, 1.807) is 4.68 Å². The highest BCUT2D eigenvalue weighted by atomic mass is 15.3. The molecule has 0 N–H and O–H groups in total. The second-order valence-electron chi connectivity index (χ2n) is 4.86. The molecular formula is C15H13N5. The summed E-state index contributed by atoms with van der Waals surface area (Å²) in [4.78, 5) is 4.41. The van der Waals surface area contributed by atoms with E-state index in [0.717, 1.165) is 29.0 Å². The zero-order valence-electron chi connectivity index (χ0n) is 11.1. The minimum atomic E-state index is 0.862. The van der Waals surface area contributed by atoms with Crippen molar-refractivity contribution in [3.63, 3.8) is 0 Å². The van der Waals surface area contributed by atoms with Gasteiger partial charge in [0.2, 0.25) is 0 Å². The molecule has 20 heavy (non-hydrogen) atoms. The van der Waals surface area contributed by atoms with Crippen LogP contribution in [-0.4, -0.2) is 24.4 Å². The molecule has 3 aromatic heterocycles. The fourth-order valence-corrected chi connectivity index (χ4v) is 2.44. The molecule has 0 unspecified atom stereocenters. The van der Waals surface area contributed by atoms with Crippen molar-refractivity contribution >= 4 is 11.2 Å². The van der Waals surface area contributed by atoms with Gasteiger partial charge in [0.1, 0.15) is 0 Å². The Labute approximate surface area is 115 Å². The van der Waals surface area contributed by atoms with Gasteiger partial charge in [0.05, 0.1) is 23.8 Å². The summed E-state index contributed by atoms with van der Waals surface area (Å²) in [5.41, 5.74) is 5.06. The van der Waals surface area contributed by atoms with Crippen molar-refractivity contribution in [2.75, 3.05) is 0 Å². The van der Waals surface area contributed by atoms with Crippen LogP contribution in [0.5, 0.6) is 0 Å². The van der Waals surface area contributed by atoms with Crippen LogP contribution >= 0.6 is 0 Å². The topological polar surface area (TPSA) is 48.0 Å². The number of allylic oxidation sites excluding steroid dienone is 4. The maximum absolute atomic E-state index is 4.70. The maximum atomic E-state index is 4.70. The first-order valence-electron chi connectivity index (χ1n) is 6.51. The second-order valence-corrected chi connectivity index (χ2v) is 4.86. The van der Waals surface area contributed by atoms with Gasteiger partial charge in [-0.1, -0.05) is 18.2 Å². The lowest BCUT2D eigenvalue weighted by Gasteiger charge is -2.03. The van der Waals surface area contributed by atoms with Gasteiger partial charge in [0.25, 0.3) is 0 Å². The minimum absolute atomic E-state index is 0.862. The lowest BCUT2D eigenvalue weighted by molar-refractivity contribution is 0.768. The molecule has 3 heterocycles. The molecule has 1 aliphatic rings. The monoisotopic (exact) mass is 263 g/mol. The van der Waals surface area contributed by atoms with E-state index in [0.29, 0.717) is 0 Å². The Morgan fingerprint density at radius 3 is 2.90 bits per heavy atom. The van der Waals surface area contributed by atoms with Gasteiger partial charge >= 0.3 is 0 Å². The zero-order valence-corrected chi connectivity index (χ0v) is 11.1. The van der Waals surface area contributed by atoms with Crippen molar-refractivity contribution in [2.24, 2.45) is 7.05 Å². The number of hydrogen-bond acceptors (Lipinski definition) is 3. The van der Waals surface area contributed by atoms with Crippen molar-refractivity contribution in [1.29, 1.82) is 0 Å². The van der Waals surface area contributed by atoms with Crippen molar-refractivity contribution in [2.45, 2.75) is 6.42 Å². The fourth-order valence-electron chi connectivity index (χ4n) is 2.44. The van der Waals surface area contributed by atoms with Crippen LogP contribution in [0.3, 0.4) is 0 Å². The Morgan fingerprint density at radius 1 is 1.20 bits per heavy atom. The first-order chi connectivity index (χ1) is 9.81. The van der Waals surface area contributed by atoms with E-state index >= 15 is 0 Å². The first-order valence-corrected chi connectivity index (χ1v) is 6.51. The van der Waals surface area contributed by atoms with Crippen LogP contribution in [0.4, 0.5) is 0 Å². The summed E-state index contributed by atoms with van der Waals surface area (Å²) in [5.74, 6) is 0. The van der Waals surface area contributed by atoms with E-state index in [4.69, 9.17) is 5.10 Å². The summed E-state index contributed by atoms with van der Waals surface area (Å²) in [7, 11) is 1.90. The molecule has 3 aromatic rings. The normalized spacial score (nSPS) is 14.2. The highest BCUT2D eigenvalue weighted by Gasteiger charge is 2.12. The SMILES string of the molecule is Cn1cc(-c2ccc3ncc(C4=CC=CC4)n3n2)cn1. The summed E-state index contributed by atoms with van der Waals surface area (Å²) in [5, 5.41) is 8.89. The van der Waals surface area contributed by atoms with E-state index in [1.165, 1.54) is 5.57 Å². The first kappa shape index (κ1) is 11.2.